The van der Waals surface area contributed by atoms with E-state index >= 15 is 0 Å². The molecule has 106 valence electrons. The Kier molecular flexibility index (Phi) is 6.06. The summed E-state index contributed by atoms with van der Waals surface area (Å²) in [5.74, 6) is 0. The lowest BCUT2D eigenvalue weighted by Gasteiger charge is -2.07. The van der Waals surface area contributed by atoms with Crippen LogP contribution in [0.3, 0.4) is 0 Å². The van der Waals surface area contributed by atoms with Gasteiger partial charge in [-0.3, -0.25) is 0 Å². The van der Waals surface area contributed by atoms with Gasteiger partial charge in [-0.25, -0.2) is 0 Å². The molecule has 0 heterocycles. The second-order valence-electron chi connectivity index (χ2n) is 4.72. The summed E-state index contributed by atoms with van der Waals surface area (Å²) in [6.45, 7) is 5.23. The molecule has 0 atom stereocenters. The lowest BCUT2D eigenvalue weighted by Crippen LogP contribution is -2.11. The molecular formula is C17H20ClNO. The molecule has 0 saturated carbocycles. The van der Waals surface area contributed by atoms with Crippen LogP contribution in [0.4, 0.5) is 0 Å². The summed E-state index contributed by atoms with van der Waals surface area (Å²) in [5, 5.41) is 4.08. The quantitative estimate of drug-likeness (QED) is 0.826. The second kappa shape index (κ2) is 8.05. The second-order valence-corrected chi connectivity index (χ2v) is 5.16. The normalized spacial score (nSPS) is 10.7. The summed E-state index contributed by atoms with van der Waals surface area (Å²) in [6, 6.07) is 16.2. The fourth-order valence-corrected chi connectivity index (χ4v) is 2.09. The van der Waals surface area contributed by atoms with Crippen LogP contribution in [0.15, 0.2) is 48.5 Å². The molecule has 0 unspecified atom stereocenters. The Hall–Kier alpha value is -1.35. The molecule has 2 rings (SSSR count). The van der Waals surface area contributed by atoms with Crippen LogP contribution < -0.4 is 5.32 Å². The number of benzene rings is 2. The van der Waals surface area contributed by atoms with Gasteiger partial charge in [0.25, 0.3) is 0 Å². The van der Waals surface area contributed by atoms with Crippen LogP contribution in [-0.2, 0) is 24.5 Å². The number of hydrogen-bond donors (Lipinski definition) is 1. The van der Waals surface area contributed by atoms with E-state index in [2.05, 4.69) is 36.5 Å². The first kappa shape index (κ1) is 15.0. The molecule has 0 fully saturated rings. The van der Waals surface area contributed by atoms with E-state index in [0.29, 0.717) is 13.2 Å². The number of hydrogen-bond acceptors (Lipinski definition) is 2. The Morgan fingerprint density at radius 1 is 0.950 bits per heavy atom. The van der Waals surface area contributed by atoms with Crippen molar-refractivity contribution in [3.63, 3.8) is 0 Å². The zero-order valence-electron chi connectivity index (χ0n) is 11.7. The number of halogens is 1. The minimum atomic E-state index is 0.606. The summed E-state index contributed by atoms with van der Waals surface area (Å²) in [6.07, 6.45) is 0. The summed E-state index contributed by atoms with van der Waals surface area (Å²) in [5.41, 5.74) is 3.63. The topological polar surface area (TPSA) is 21.3 Å². The summed E-state index contributed by atoms with van der Waals surface area (Å²) >= 11 is 5.85. The maximum Gasteiger partial charge on any atom is 0.0721 e. The van der Waals surface area contributed by atoms with Crippen molar-refractivity contribution in [1.82, 2.24) is 5.32 Å². The monoisotopic (exact) mass is 289 g/mol. The van der Waals surface area contributed by atoms with Gasteiger partial charge in [0.15, 0.2) is 0 Å². The highest BCUT2D eigenvalue weighted by Gasteiger charge is 1.98. The first-order valence-electron chi connectivity index (χ1n) is 6.88. The third-order valence-electron chi connectivity index (χ3n) is 3.02. The SMILES string of the molecule is CCNCc1cccc(COCc2ccc(Cl)cc2)c1. The van der Waals surface area contributed by atoms with Gasteiger partial charge in [-0.1, -0.05) is 54.9 Å². The highest BCUT2D eigenvalue weighted by atomic mass is 35.5. The third kappa shape index (κ3) is 4.97. The molecule has 0 radical (unpaired) electrons. The van der Waals surface area contributed by atoms with Gasteiger partial charge in [-0.15, -0.1) is 0 Å². The van der Waals surface area contributed by atoms with Crippen LogP contribution in [0.2, 0.25) is 5.02 Å². The van der Waals surface area contributed by atoms with E-state index < -0.39 is 0 Å². The van der Waals surface area contributed by atoms with Crippen molar-refractivity contribution in [2.24, 2.45) is 0 Å². The Morgan fingerprint density at radius 2 is 1.65 bits per heavy atom. The number of ether oxygens (including phenoxy) is 1. The smallest absolute Gasteiger partial charge is 0.0721 e. The average Bonchev–Trinajstić information content (AvgIpc) is 2.48. The predicted octanol–water partition coefficient (Wildman–Crippen LogP) is 4.17. The van der Waals surface area contributed by atoms with E-state index in [9.17, 15) is 0 Å². The van der Waals surface area contributed by atoms with Crippen LogP contribution in [0.25, 0.3) is 0 Å². The Bertz CT molecular complexity index is 525. The van der Waals surface area contributed by atoms with Crippen molar-refractivity contribution in [1.29, 1.82) is 0 Å². The Morgan fingerprint density at radius 3 is 2.40 bits per heavy atom. The maximum absolute atomic E-state index is 5.85. The molecule has 2 nitrogen and oxygen atoms in total. The standard InChI is InChI=1S/C17H20ClNO/c1-2-19-11-15-4-3-5-16(10-15)13-20-12-14-6-8-17(18)9-7-14/h3-10,19H,2,11-13H2,1H3. The van der Waals surface area contributed by atoms with Gasteiger partial charge in [0, 0.05) is 11.6 Å². The molecule has 0 aliphatic rings. The average molecular weight is 290 g/mol. The zero-order valence-corrected chi connectivity index (χ0v) is 12.5. The Labute approximate surface area is 125 Å². The lowest BCUT2D eigenvalue weighted by molar-refractivity contribution is 0.107. The van der Waals surface area contributed by atoms with Crippen molar-refractivity contribution in [3.05, 3.63) is 70.2 Å². The van der Waals surface area contributed by atoms with E-state index in [-0.39, 0.29) is 0 Å². The van der Waals surface area contributed by atoms with Crippen LogP contribution in [0.1, 0.15) is 23.6 Å². The fourth-order valence-electron chi connectivity index (χ4n) is 1.97. The molecule has 0 aromatic heterocycles. The minimum Gasteiger partial charge on any atom is -0.372 e. The number of nitrogens with one attached hydrogen (secondary N) is 1. The van der Waals surface area contributed by atoms with Gasteiger partial charge < -0.3 is 10.1 Å². The van der Waals surface area contributed by atoms with E-state index in [1.54, 1.807) is 0 Å². The van der Waals surface area contributed by atoms with E-state index in [1.807, 2.05) is 24.3 Å². The van der Waals surface area contributed by atoms with Crippen molar-refractivity contribution in [2.75, 3.05) is 6.54 Å². The van der Waals surface area contributed by atoms with Gasteiger partial charge in [-0.05, 0) is 35.4 Å². The van der Waals surface area contributed by atoms with Crippen molar-refractivity contribution >= 4 is 11.6 Å². The third-order valence-corrected chi connectivity index (χ3v) is 3.27. The summed E-state index contributed by atoms with van der Waals surface area (Å²) in [7, 11) is 0. The zero-order chi connectivity index (χ0) is 14.2. The van der Waals surface area contributed by atoms with E-state index in [0.717, 1.165) is 23.7 Å². The van der Waals surface area contributed by atoms with Gasteiger partial charge in [0.05, 0.1) is 13.2 Å². The molecule has 2 aromatic carbocycles. The van der Waals surface area contributed by atoms with Gasteiger partial charge in [-0.2, -0.15) is 0 Å². The van der Waals surface area contributed by atoms with Crippen LogP contribution in [0.5, 0.6) is 0 Å². The molecular weight excluding hydrogens is 270 g/mol. The minimum absolute atomic E-state index is 0.606. The maximum atomic E-state index is 5.85. The van der Waals surface area contributed by atoms with E-state index in [4.69, 9.17) is 16.3 Å². The first-order valence-corrected chi connectivity index (χ1v) is 7.26. The van der Waals surface area contributed by atoms with Crippen molar-refractivity contribution in [2.45, 2.75) is 26.7 Å². The fraction of sp³-hybridized carbons (Fsp3) is 0.294. The van der Waals surface area contributed by atoms with Gasteiger partial charge in [0.1, 0.15) is 0 Å². The number of rotatable bonds is 7. The molecule has 0 aliphatic heterocycles. The molecule has 0 amide bonds. The van der Waals surface area contributed by atoms with Gasteiger partial charge in [0.2, 0.25) is 0 Å². The summed E-state index contributed by atoms with van der Waals surface area (Å²) in [4.78, 5) is 0. The van der Waals surface area contributed by atoms with Crippen molar-refractivity contribution in [3.8, 4) is 0 Å². The highest BCUT2D eigenvalue weighted by molar-refractivity contribution is 6.30. The highest BCUT2D eigenvalue weighted by Crippen LogP contribution is 2.12. The van der Waals surface area contributed by atoms with Crippen molar-refractivity contribution < 1.29 is 4.74 Å². The molecule has 3 heteroatoms. The first-order chi connectivity index (χ1) is 9.78. The molecule has 0 spiro atoms. The van der Waals surface area contributed by atoms with Crippen LogP contribution in [-0.4, -0.2) is 6.54 Å². The molecule has 1 N–H and O–H groups in total. The van der Waals surface area contributed by atoms with Crippen LogP contribution in [0, 0.1) is 0 Å². The molecule has 0 bridgehead atoms. The van der Waals surface area contributed by atoms with E-state index in [1.165, 1.54) is 11.1 Å². The molecule has 0 aliphatic carbocycles. The Balaban J connectivity index is 1.82. The molecule has 2 aromatic rings. The largest absolute Gasteiger partial charge is 0.372 e. The molecule has 20 heavy (non-hydrogen) atoms. The predicted molar refractivity (Wildman–Crippen MR) is 83.8 cm³/mol. The lowest BCUT2D eigenvalue weighted by atomic mass is 10.1. The summed E-state index contributed by atoms with van der Waals surface area (Å²) < 4.78 is 5.74. The molecule has 0 saturated heterocycles. The van der Waals surface area contributed by atoms with Gasteiger partial charge >= 0.3 is 0 Å². The van der Waals surface area contributed by atoms with Crippen LogP contribution >= 0.6 is 11.6 Å².